The molecule has 3 aliphatic heterocycles. The number of likely N-dealkylation sites (tertiary alicyclic amines) is 1. The average molecular weight is 422 g/mol. The van der Waals surface area contributed by atoms with Crippen molar-refractivity contribution >= 4 is 17.6 Å². The molecule has 5 rings (SSSR count). The number of carbonyl (C=O) groups excluding carboxylic acids is 2. The zero-order valence-corrected chi connectivity index (χ0v) is 16.6. The largest absolute Gasteiger partial charge is 0.454 e. The number of amidine groups is 1. The number of nitrogens with two attached hydrogens (primary N) is 1. The third-order valence-electron chi connectivity index (χ3n) is 6.23. The van der Waals surface area contributed by atoms with E-state index in [1.54, 1.807) is 36.4 Å². The van der Waals surface area contributed by atoms with Gasteiger partial charge in [-0.25, -0.2) is 0 Å². The highest BCUT2D eigenvalue weighted by Gasteiger charge is 2.58. The van der Waals surface area contributed by atoms with E-state index >= 15 is 0 Å². The number of hydrogen-bond acceptors (Lipinski definition) is 7. The Morgan fingerprint density at radius 3 is 2.52 bits per heavy atom. The standard InChI is InChI=1S/C22H22N4O5/c23-20(24)13-4-2-12(3-5-13)19-18-17(14(9-27)25-19)21(28)26(22(18)29)8-11-1-6-15-16(7-11)31-10-30-15/h1-7,14,17-19,25,27H,8-10H2,(H3,23,24). The summed E-state index contributed by atoms with van der Waals surface area (Å²) in [6.07, 6.45) is 0. The molecule has 3 heterocycles. The van der Waals surface area contributed by atoms with Gasteiger partial charge in [-0.1, -0.05) is 30.3 Å². The predicted octanol–water partition coefficient (Wildman–Crippen LogP) is 0.506. The molecule has 2 amide bonds. The molecule has 0 aliphatic carbocycles. The molecule has 9 nitrogen and oxygen atoms in total. The molecular formula is C22H22N4O5. The molecule has 0 bridgehead atoms. The Bertz CT molecular complexity index is 1070. The van der Waals surface area contributed by atoms with E-state index in [1.165, 1.54) is 4.90 Å². The number of nitrogen functional groups attached to an aromatic ring is 1. The van der Waals surface area contributed by atoms with Gasteiger partial charge in [-0.3, -0.25) is 19.9 Å². The van der Waals surface area contributed by atoms with Crippen LogP contribution in [0.1, 0.15) is 22.7 Å². The fourth-order valence-electron chi connectivity index (χ4n) is 4.70. The van der Waals surface area contributed by atoms with E-state index in [0.29, 0.717) is 17.1 Å². The molecular weight excluding hydrogens is 400 g/mol. The molecule has 2 aromatic rings. The van der Waals surface area contributed by atoms with Gasteiger partial charge in [0, 0.05) is 17.6 Å². The molecule has 5 N–H and O–H groups in total. The number of hydrogen-bond donors (Lipinski definition) is 4. The Morgan fingerprint density at radius 2 is 1.81 bits per heavy atom. The third kappa shape index (κ3) is 3.13. The molecule has 0 aromatic heterocycles. The maximum Gasteiger partial charge on any atom is 0.235 e. The van der Waals surface area contributed by atoms with Gasteiger partial charge in [-0.15, -0.1) is 0 Å². The maximum absolute atomic E-state index is 13.3. The second kappa shape index (κ2) is 7.36. The first-order chi connectivity index (χ1) is 15.0. The van der Waals surface area contributed by atoms with E-state index in [4.69, 9.17) is 20.6 Å². The minimum absolute atomic E-state index is 0.0425. The molecule has 31 heavy (non-hydrogen) atoms. The Hall–Kier alpha value is -3.43. The number of fused-ring (bicyclic) bond motifs is 2. The van der Waals surface area contributed by atoms with Crippen LogP contribution < -0.4 is 20.5 Å². The van der Waals surface area contributed by atoms with Crippen molar-refractivity contribution in [2.45, 2.75) is 18.6 Å². The van der Waals surface area contributed by atoms with Crippen molar-refractivity contribution < 1.29 is 24.2 Å². The number of carbonyl (C=O) groups is 2. The van der Waals surface area contributed by atoms with Crippen LogP contribution in [0.2, 0.25) is 0 Å². The summed E-state index contributed by atoms with van der Waals surface area (Å²) in [5.41, 5.74) is 7.68. The van der Waals surface area contributed by atoms with Gasteiger partial charge < -0.3 is 25.6 Å². The van der Waals surface area contributed by atoms with Crippen LogP contribution in [-0.2, 0) is 16.1 Å². The van der Waals surface area contributed by atoms with Crippen LogP contribution in [-0.4, -0.2) is 47.1 Å². The quantitative estimate of drug-likeness (QED) is 0.313. The van der Waals surface area contributed by atoms with Crippen molar-refractivity contribution in [3.8, 4) is 11.5 Å². The van der Waals surface area contributed by atoms with Gasteiger partial charge in [0.15, 0.2) is 11.5 Å². The van der Waals surface area contributed by atoms with Crippen molar-refractivity contribution in [3.05, 3.63) is 59.2 Å². The number of nitrogens with one attached hydrogen (secondary N) is 2. The van der Waals surface area contributed by atoms with Gasteiger partial charge >= 0.3 is 0 Å². The number of aliphatic hydroxyl groups is 1. The van der Waals surface area contributed by atoms with Crippen molar-refractivity contribution in [2.24, 2.45) is 17.6 Å². The fourth-order valence-corrected chi connectivity index (χ4v) is 4.70. The lowest BCUT2D eigenvalue weighted by Crippen LogP contribution is -2.40. The first-order valence-electron chi connectivity index (χ1n) is 10.0. The number of aliphatic hydroxyl groups excluding tert-OH is 1. The second-order valence-corrected chi connectivity index (χ2v) is 7.97. The van der Waals surface area contributed by atoms with Crippen molar-refractivity contribution in [2.75, 3.05) is 13.4 Å². The molecule has 9 heteroatoms. The number of ether oxygens (including phenoxy) is 2. The van der Waals surface area contributed by atoms with E-state index in [1.807, 2.05) is 6.07 Å². The Balaban J connectivity index is 1.42. The van der Waals surface area contributed by atoms with Crippen molar-refractivity contribution in [1.82, 2.24) is 10.2 Å². The minimum Gasteiger partial charge on any atom is -0.454 e. The third-order valence-corrected chi connectivity index (χ3v) is 6.23. The smallest absolute Gasteiger partial charge is 0.235 e. The SMILES string of the molecule is N=C(N)c1ccc(C2NC(CO)C3C(=O)N(Cc4ccc5c(c4)OCO5)C(=O)C23)cc1. The van der Waals surface area contributed by atoms with Crippen molar-refractivity contribution in [3.63, 3.8) is 0 Å². The number of rotatable bonds is 5. The molecule has 0 saturated carbocycles. The molecule has 4 unspecified atom stereocenters. The first kappa shape index (κ1) is 19.5. The highest BCUT2D eigenvalue weighted by molar-refractivity contribution is 6.06. The number of imide groups is 1. The van der Waals surface area contributed by atoms with E-state index < -0.39 is 23.9 Å². The molecule has 2 saturated heterocycles. The lowest BCUT2D eigenvalue weighted by atomic mass is 9.86. The van der Waals surface area contributed by atoms with Gasteiger partial charge in [-0.05, 0) is 23.3 Å². The molecule has 0 spiro atoms. The highest BCUT2D eigenvalue weighted by Crippen LogP contribution is 2.44. The predicted molar refractivity (Wildman–Crippen MR) is 109 cm³/mol. The van der Waals surface area contributed by atoms with E-state index in [2.05, 4.69) is 5.32 Å². The normalized spacial score (nSPS) is 26.4. The van der Waals surface area contributed by atoms with Gasteiger partial charge in [0.25, 0.3) is 0 Å². The van der Waals surface area contributed by atoms with Crippen molar-refractivity contribution in [1.29, 1.82) is 5.41 Å². The average Bonchev–Trinajstić information content (AvgIpc) is 3.45. The Labute approximate surface area is 178 Å². The Morgan fingerprint density at radius 1 is 1.10 bits per heavy atom. The lowest BCUT2D eigenvalue weighted by Gasteiger charge is -2.22. The minimum atomic E-state index is -0.635. The van der Waals surface area contributed by atoms with Gasteiger partial charge in [0.2, 0.25) is 18.6 Å². The van der Waals surface area contributed by atoms with Gasteiger partial charge in [0.05, 0.1) is 25.0 Å². The van der Waals surface area contributed by atoms with E-state index in [9.17, 15) is 14.7 Å². The molecule has 0 radical (unpaired) electrons. The van der Waals surface area contributed by atoms with E-state index in [0.717, 1.165) is 11.1 Å². The molecule has 2 aromatic carbocycles. The number of amides is 2. The van der Waals surface area contributed by atoms with E-state index in [-0.39, 0.29) is 37.6 Å². The summed E-state index contributed by atoms with van der Waals surface area (Å²) in [6, 6.07) is 11.4. The summed E-state index contributed by atoms with van der Waals surface area (Å²) in [5.74, 6) is -0.614. The van der Waals surface area contributed by atoms with Crippen LogP contribution >= 0.6 is 0 Å². The lowest BCUT2D eigenvalue weighted by molar-refractivity contribution is -0.141. The van der Waals surface area contributed by atoms with Crippen LogP contribution in [0.4, 0.5) is 0 Å². The Kier molecular flexibility index (Phi) is 4.64. The number of nitrogens with zero attached hydrogens (tertiary/aromatic N) is 1. The molecule has 4 atom stereocenters. The van der Waals surface area contributed by atoms with Crippen LogP contribution in [0.5, 0.6) is 11.5 Å². The van der Waals surface area contributed by atoms with Crippen LogP contribution in [0.25, 0.3) is 0 Å². The fraction of sp³-hybridized carbons (Fsp3) is 0.318. The summed E-state index contributed by atoms with van der Waals surface area (Å²) in [5, 5.41) is 20.6. The maximum atomic E-state index is 13.3. The monoisotopic (exact) mass is 422 g/mol. The zero-order valence-electron chi connectivity index (χ0n) is 16.6. The molecule has 160 valence electrons. The molecule has 3 aliphatic rings. The molecule has 2 fully saturated rings. The summed E-state index contributed by atoms with van der Waals surface area (Å²) in [7, 11) is 0. The van der Waals surface area contributed by atoms with Gasteiger partial charge in [0.1, 0.15) is 5.84 Å². The second-order valence-electron chi connectivity index (χ2n) is 7.97. The van der Waals surface area contributed by atoms with Gasteiger partial charge in [-0.2, -0.15) is 0 Å². The topological polar surface area (TPSA) is 138 Å². The zero-order chi connectivity index (χ0) is 21.7. The summed E-state index contributed by atoms with van der Waals surface area (Å²) >= 11 is 0. The van der Waals surface area contributed by atoms with Crippen LogP contribution in [0.3, 0.4) is 0 Å². The summed E-state index contributed by atoms with van der Waals surface area (Å²) in [4.78, 5) is 27.8. The van der Waals surface area contributed by atoms with Crippen LogP contribution in [0.15, 0.2) is 42.5 Å². The number of benzene rings is 2. The van der Waals surface area contributed by atoms with Crippen LogP contribution in [0, 0.1) is 17.2 Å². The first-order valence-corrected chi connectivity index (χ1v) is 10.0. The summed E-state index contributed by atoms with van der Waals surface area (Å²) < 4.78 is 10.7. The summed E-state index contributed by atoms with van der Waals surface area (Å²) in [6.45, 7) is 0.0357. The highest BCUT2D eigenvalue weighted by atomic mass is 16.7.